The lowest BCUT2D eigenvalue weighted by atomic mass is 10.1. The van der Waals surface area contributed by atoms with Gasteiger partial charge in [-0.3, -0.25) is 9.59 Å². The van der Waals surface area contributed by atoms with Crippen molar-refractivity contribution in [1.29, 1.82) is 0 Å². The molecule has 0 unspecified atom stereocenters. The Kier molecular flexibility index (Phi) is 20.6. The molecule has 6 N–H and O–H groups in total. The molecule has 0 bridgehead atoms. The number of urea groups is 1. The second-order valence-electron chi connectivity index (χ2n) is 13.4. The molecule has 0 aliphatic carbocycles. The summed E-state index contributed by atoms with van der Waals surface area (Å²) in [4.78, 5) is 55.8. The van der Waals surface area contributed by atoms with E-state index in [4.69, 9.17) is 23.7 Å². The molecule has 4 amide bonds. The predicted molar refractivity (Wildman–Crippen MR) is 235 cm³/mol. The van der Waals surface area contributed by atoms with E-state index in [1.165, 1.54) is 18.2 Å². The van der Waals surface area contributed by atoms with Crippen LogP contribution < -0.4 is 26.0 Å². The van der Waals surface area contributed by atoms with Crippen molar-refractivity contribution >= 4 is 64.3 Å². The number of hydrogen-bond donors (Lipinski definition) is 6. The number of thioether (sulfide) groups is 1. The topological polar surface area (TPSA) is 219 Å². The molecule has 17 nitrogen and oxygen atoms in total. The second kappa shape index (κ2) is 26.3. The quantitative estimate of drug-likeness (QED) is 0.0335. The Labute approximate surface area is 359 Å². The Hall–Kier alpha value is -5.92. The van der Waals surface area contributed by atoms with Gasteiger partial charge in [-0.1, -0.05) is 36.0 Å². The van der Waals surface area contributed by atoms with Crippen molar-refractivity contribution in [1.82, 2.24) is 15.5 Å². The number of esters is 1. The van der Waals surface area contributed by atoms with Gasteiger partial charge in [0.25, 0.3) is 5.91 Å². The van der Waals surface area contributed by atoms with Gasteiger partial charge in [0, 0.05) is 30.0 Å². The second-order valence-corrected chi connectivity index (χ2v) is 14.5. The maximum absolute atomic E-state index is 12.8. The minimum absolute atomic E-state index is 0.0201. The van der Waals surface area contributed by atoms with E-state index in [2.05, 4.69) is 31.2 Å². The van der Waals surface area contributed by atoms with Gasteiger partial charge >= 0.3 is 12.0 Å². The Morgan fingerprint density at radius 3 is 2.21 bits per heavy atom. The van der Waals surface area contributed by atoms with Crippen LogP contribution >= 0.6 is 11.8 Å². The van der Waals surface area contributed by atoms with Crippen molar-refractivity contribution in [3.63, 3.8) is 0 Å². The van der Waals surface area contributed by atoms with E-state index in [1.54, 1.807) is 43.3 Å². The first-order valence-electron chi connectivity index (χ1n) is 19.7. The van der Waals surface area contributed by atoms with Crippen molar-refractivity contribution in [2.24, 2.45) is 4.99 Å². The molecule has 0 saturated heterocycles. The van der Waals surface area contributed by atoms with Crippen LogP contribution in [0.1, 0.15) is 35.7 Å². The first-order valence-corrected chi connectivity index (χ1v) is 20.6. The normalized spacial score (nSPS) is 13.7. The molecule has 61 heavy (non-hydrogen) atoms. The summed E-state index contributed by atoms with van der Waals surface area (Å²) in [7, 11) is 3.98. The van der Waals surface area contributed by atoms with Crippen LogP contribution in [-0.4, -0.2) is 131 Å². The maximum atomic E-state index is 12.8. The number of unbranched alkanes of at least 4 members (excludes halogenated alkanes) is 1. The number of nitrogens with one attached hydrogen (secondary N) is 4. The van der Waals surface area contributed by atoms with Crippen molar-refractivity contribution in [3.05, 3.63) is 94.1 Å². The number of amides is 4. The van der Waals surface area contributed by atoms with Crippen LogP contribution in [0.15, 0.2) is 88.0 Å². The highest BCUT2D eigenvalue weighted by Crippen LogP contribution is 2.41. The summed E-state index contributed by atoms with van der Waals surface area (Å²) in [5.74, 6) is -1.20. The lowest BCUT2D eigenvalue weighted by Crippen LogP contribution is -2.30. The van der Waals surface area contributed by atoms with Crippen LogP contribution in [0.3, 0.4) is 0 Å². The number of rotatable bonds is 26. The van der Waals surface area contributed by atoms with Gasteiger partial charge < -0.3 is 60.1 Å². The summed E-state index contributed by atoms with van der Waals surface area (Å²) in [6.07, 6.45) is 3.89. The first-order chi connectivity index (χ1) is 29.6. The van der Waals surface area contributed by atoms with Crippen molar-refractivity contribution in [2.45, 2.75) is 19.8 Å². The van der Waals surface area contributed by atoms with Gasteiger partial charge in [-0.2, -0.15) is 0 Å². The molecule has 4 rings (SSSR count). The fourth-order valence-electron chi connectivity index (χ4n) is 5.51. The number of aliphatic hydroxyl groups is 1. The zero-order valence-corrected chi connectivity index (χ0v) is 35.4. The fourth-order valence-corrected chi connectivity index (χ4v) is 6.55. The Morgan fingerprint density at radius 1 is 0.820 bits per heavy atom. The van der Waals surface area contributed by atoms with E-state index in [9.17, 15) is 29.4 Å². The van der Waals surface area contributed by atoms with Crippen LogP contribution in [0.5, 0.6) is 11.5 Å². The van der Waals surface area contributed by atoms with E-state index >= 15 is 0 Å². The minimum Gasteiger partial charge on any atom is -0.506 e. The van der Waals surface area contributed by atoms with E-state index in [1.807, 2.05) is 32.3 Å². The molecular weight excluding hydrogens is 809 g/mol. The average Bonchev–Trinajstić information content (AvgIpc) is 3.53. The molecule has 1 heterocycles. The number of para-hydroxylation sites is 1. The third kappa shape index (κ3) is 16.9. The predicted octanol–water partition coefficient (Wildman–Crippen LogP) is 5.48. The van der Waals surface area contributed by atoms with Gasteiger partial charge in [0.05, 0.1) is 56.8 Å². The molecule has 328 valence electrons. The molecule has 1 aliphatic heterocycles. The molecule has 3 aromatic rings. The average molecular weight is 863 g/mol. The van der Waals surface area contributed by atoms with Crippen molar-refractivity contribution < 1.29 is 53.1 Å². The number of ether oxygens (including phenoxy) is 5. The summed E-state index contributed by atoms with van der Waals surface area (Å²) in [5.41, 5.74) is 2.11. The van der Waals surface area contributed by atoms with E-state index in [0.717, 1.165) is 31.1 Å². The first kappa shape index (κ1) is 47.8. The molecule has 0 saturated carbocycles. The third-order valence-corrected chi connectivity index (χ3v) is 9.42. The number of hydrogen-bond acceptors (Lipinski definition) is 14. The monoisotopic (exact) mass is 862 g/mol. The molecule has 0 fully saturated rings. The fraction of sp³-hybridized carbons (Fsp3) is 0.372. The van der Waals surface area contributed by atoms with Gasteiger partial charge in [-0.15, -0.1) is 0 Å². The number of aromatic hydroxyl groups is 1. The number of phenols is 1. The zero-order valence-electron chi connectivity index (χ0n) is 34.6. The molecular formula is C43H54N6O11S. The van der Waals surface area contributed by atoms with Gasteiger partial charge in [-0.25, -0.2) is 14.6 Å². The number of aliphatic imine (C=N–C) groups is 1. The highest BCUT2D eigenvalue weighted by molar-refractivity contribution is 8.18. The number of anilines is 2. The number of benzene rings is 3. The van der Waals surface area contributed by atoms with Crippen LogP contribution in [0.4, 0.5) is 21.9 Å². The summed E-state index contributed by atoms with van der Waals surface area (Å²) in [6, 6.07) is 18.0. The van der Waals surface area contributed by atoms with E-state index < -0.39 is 17.9 Å². The SMILES string of the molecule is CCOC(=O)C1=C(O)/C(=C/c2ccc(OCCOCCOCCOCCNC(=O)c3cc(NC=O)cc(NC(=O)NCCCCN(C)C)c3)c(O)c2)SC1=Nc1ccccc1. The third-order valence-electron chi connectivity index (χ3n) is 8.40. The summed E-state index contributed by atoms with van der Waals surface area (Å²) in [5, 5.41) is 32.6. The van der Waals surface area contributed by atoms with Crippen molar-refractivity contribution in [3.8, 4) is 11.5 Å². The Bertz CT molecular complexity index is 2010. The number of carbonyl (C=O) groups is 4. The van der Waals surface area contributed by atoms with E-state index in [0.29, 0.717) is 72.0 Å². The van der Waals surface area contributed by atoms with Crippen LogP contribution in [0.25, 0.3) is 6.08 Å². The Morgan fingerprint density at radius 2 is 1.52 bits per heavy atom. The summed E-state index contributed by atoms with van der Waals surface area (Å²) >= 11 is 1.12. The van der Waals surface area contributed by atoms with Crippen LogP contribution in [0, 0.1) is 0 Å². The zero-order chi connectivity index (χ0) is 43.8. The van der Waals surface area contributed by atoms with Crippen molar-refractivity contribution in [2.75, 3.05) is 97.2 Å². The van der Waals surface area contributed by atoms with Crippen LogP contribution in [0.2, 0.25) is 0 Å². The highest BCUT2D eigenvalue weighted by Gasteiger charge is 2.33. The standard InChI is InChI=1S/C43H54N6O11S/c1-4-59-42(54)38-39(52)37(61-41(38)47-32-10-6-5-7-11-32)25-30-12-13-36(35(51)24-30)60-23-22-58-21-20-57-19-18-56-17-15-44-40(53)31-26-33(46-29-50)28-34(27-31)48-43(55)45-14-8-9-16-49(2)3/h5-7,10-13,24-29,51-52H,4,8-9,14-23H2,1-3H3,(H,44,53)(H,46,50)(H2,45,48,55)/b37-25-,47-41?. The Balaban J connectivity index is 1.09. The summed E-state index contributed by atoms with van der Waals surface area (Å²) in [6.45, 7) is 5.37. The lowest BCUT2D eigenvalue weighted by Gasteiger charge is -2.12. The number of carbonyl (C=O) groups excluding carboxylic acids is 4. The van der Waals surface area contributed by atoms with Gasteiger partial charge in [0.2, 0.25) is 6.41 Å². The summed E-state index contributed by atoms with van der Waals surface area (Å²) < 4.78 is 27.4. The molecule has 0 radical (unpaired) electrons. The van der Waals surface area contributed by atoms with E-state index in [-0.39, 0.29) is 61.4 Å². The smallest absolute Gasteiger partial charge is 0.344 e. The molecule has 18 heteroatoms. The largest absolute Gasteiger partial charge is 0.506 e. The molecule has 0 aromatic heterocycles. The molecule has 0 spiro atoms. The maximum Gasteiger partial charge on any atom is 0.344 e. The number of nitrogens with zero attached hydrogens (tertiary/aromatic N) is 2. The number of phenolic OH excluding ortho intramolecular Hbond substituents is 1. The van der Waals surface area contributed by atoms with Gasteiger partial charge in [-0.05, 0) is 94.5 Å². The molecule has 3 aromatic carbocycles. The number of aliphatic hydroxyl groups excluding tert-OH is 1. The lowest BCUT2D eigenvalue weighted by molar-refractivity contribution is -0.138. The van der Waals surface area contributed by atoms with Crippen LogP contribution in [-0.2, 0) is 28.5 Å². The molecule has 0 atom stereocenters. The molecule has 1 aliphatic rings. The van der Waals surface area contributed by atoms with Gasteiger partial charge in [0.1, 0.15) is 23.0 Å². The van der Waals surface area contributed by atoms with Gasteiger partial charge in [0.15, 0.2) is 11.5 Å². The highest BCUT2D eigenvalue weighted by atomic mass is 32.2. The minimum atomic E-state index is -0.679.